The van der Waals surface area contributed by atoms with Crippen LogP contribution in [0.1, 0.15) is 29.0 Å². The summed E-state index contributed by atoms with van der Waals surface area (Å²) in [5.41, 5.74) is 4.74. The first-order valence-electron chi connectivity index (χ1n) is 11.3. The molecule has 3 aromatic carbocycles. The Kier molecular flexibility index (Phi) is 6.22. The summed E-state index contributed by atoms with van der Waals surface area (Å²) in [6.07, 6.45) is 0.128. The lowest BCUT2D eigenvalue weighted by Gasteiger charge is -2.32. The number of anilines is 1. The number of esters is 1. The number of cyclic esters (lactones) is 1. The number of halogens is 1. The predicted molar refractivity (Wildman–Crippen MR) is 133 cm³/mol. The molecule has 35 heavy (non-hydrogen) atoms. The number of hydrogen-bond donors (Lipinski definition) is 0. The molecule has 7 heteroatoms. The minimum absolute atomic E-state index is 0.0495. The highest BCUT2D eigenvalue weighted by atomic mass is 35.5. The van der Waals surface area contributed by atoms with Gasteiger partial charge in [-0.2, -0.15) is 0 Å². The first-order chi connectivity index (χ1) is 16.9. The van der Waals surface area contributed by atoms with Crippen molar-refractivity contribution in [2.24, 2.45) is 0 Å². The zero-order valence-corrected chi connectivity index (χ0v) is 20.2. The molecule has 0 saturated heterocycles. The highest BCUT2D eigenvalue weighted by Crippen LogP contribution is 2.43. The number of carbonyl (C=O) groups excluding carboxylic acids is 2. The molecule has 178 valence electrons. The van der Waals surface area contributed by atoms with Crippen molar-refractivity contribution >= 4 is 29.2 Å². The van der Waals surface area contributed by atoms with Crippen LogP contribution in [0, 0.1) is 6.92 Å². The molecule has 3 aromatic rings. The summed E-state index contributed by atoms with van der Waals surface area (Å²) >= 11 is 6.01. The lowest BCUT2D eigenvalue weighted by Crippen LogP contribution is -2.37. The van der Waals surface area contributed by atoms with Crippen LogP contribution in [0.2, 0.25) is 5.02 Å². The molecule has 0 aliphatic carbocycles. The van der Waals surface area contributed by atoms with Gasteiger partial charge in [0.15, 0.2) is 11.5 Å². The number of ether oxygens (including phenoxy) is 3. The second-order valence-electron chi connectivity index (χ2n) is 8.58. The van der Waals surface area contributed by atoms with Gasteiger partial charge in [-0.3, -0.25) is 9.69 Å². The average Bonchev–Trinajstić information content (AvgIpc) is 3.25. The molecule has 1 atom stereocenters. The lowest BCUT2D eigenvalue weighted by molar-refractivity contribution is -0.136. The second-order valence-corrected chi connectivity index (χ2v) is 9.02. The summed E-state index contributed by atoms with van der Waals surface area (Å²) < 4.78 is 16.9. The highest BCUT2D eigenvalue weighted by molar-refractivity contribution is 6.30. The van der Waals surface area contributed by atoms with E-state index in [4.69, 9.17) is 25.8 Å². The number of aryl methyl sites for hydroxylation is 1. The second kappa shape index (κ2) is 9.47. The van der Waals surface area contributed by atoms with Gasteiger partial charge in [0.2, 0.25) is 5.91 Å². The van der Waals surface area contributed by atoms with Crippen molar-refractivity contribution in [1.29, 1.82) is 0 Å². The largest absolute Gasteiger partial charge is 0.493 e. The minimum atomic E-state index is -0.434. The van der Waals surface area contributed by atoms with Crippen molar-refractivity contribution in [3.05, 3.63) is 99.7 Å². The van der Waals surface area contributed by atoms with Gasteiger partial charge in [-0.25, -0.2) is 4.79 Å². The van der Waals surface area contributed by atoms with E-state index < -0.39 is 11.9 Å². The van der Waals surface area contributed by atoms with Gasteiger partial charge >= 0.3 is 5.97 Å². The van der Waals surface area contributed by atoms with Crippen LogP contribution in [0.25, 0.3) is 0 Å². The molecule has 0 fully saturated rings. The van der Waals surface area contributed by atoms with Crippen molar-refractivity contribution in [3.8, 4) is 11.5 Å². The quantitative estimate of drug-likeness (QED) is 0.424. The number of nitrogens with zero attached hydrogens (tertiary/aromatic N) is 1. The molecule has 0 aromatic heterocycles. The molecule has 0 saturated carbocycles. The molecular formula is C28H24ClNO5. The Morgan fingerprint density at radius 2 is 1.74 bits per heavy atom. The minimum Gasteiger partial charge on any atom is -0.493 e. The van der Waals surface area contributed by atoms with Crippen molar-refractivity contribution in [2.45, 2.75) is 25.9 Å². The summed E-state index contributed by atoms with van der Waals surface area (Å²) in [6.45, 7) is 2.49. The molecule has 2 aliphatic rings. The van der Waals surface area contributed by atoms with Crippen LogP contribution in [-0.4, -0.2) is 25.6 Å². The monoisotopic (exact) mass is 489 g/mol. The maximum atomic E-state index is 13.3. The van der Waals surface area contributed by atoms with Crippen molar-refractivity contribution in [3.63, 3.8) is 0 Å². The third-order valence-electron chi connectivity index (χ3n) is 6.31. The zero-order valence-electron chi connectivity index (χ0n) is 19.4. The van der Waals surface area contributed by atoms with Gasteiger partial charge in [0.25, 0.3) is 0 Å². The number of amides is 1. The molecule has 0 N–H and O–H groups in total. The summed E-state index contributed by atoms with van der Waals surface area (Å²) in [5, 5.41) is 0.570. The fourth-order valence-corrected chi connectivity index (χ4v) is 4.62. The Morgan fingerprint density at radius 1 is 1.00 bits per heavy atom. The molecule has 6 nitrogen and oxygen atoms in total. The number of rotatable bonds is 6. The Bertz CT molecular complexity index is 1310. The molecule has 0 bridgehead atoms. The molecule has 2 heterocycles. The van der Waals surface area contributed by atoms with Crippen LogP contribution < -0.4 is 14.4 Å². The molecule has 1 amide bonds. The number of hydrogen-bond acceptors (Lipinski definition) is 5. The molecule has 5 rings (SSSR count). The fourth-order valence-electron chi connectivity index (χ4n) is 4.49. The zero-order chi connectivity index (χ0) is 24.5. The van der Waals surface area contributed by atoms with E-state index in [9.17, 15) is 9.59 Å². The van der Waals surface area contributed by atoms with Crippen molar-refractivity contribution < 1.29 is 23.8 Å². The first-order valence-corrected chi connectivity index (χ1v) is 11.7. The van der Waals surface area contributed by atoms with Gasteiger partial charge in [0, 0.05) is 23.0 Å². The van der Waals surface area contributed by atoms with Crippen LogP contribution in [0.3, 0.4) is 0 Å². The van der Waals surface area contributed by atoms with Gasteiger partial charge < -0.3 is 14.2 Å². The SMILES string of the molecule is COc1cc(C2CC(=O)N(c3ccc(Cl)cc3)C3=C2C(=O)OC3)ccc1OCc1ccc(C)cc1. The van der Waals surface area contributed by atoms with E-state index in [1.807, 2.05) is 49.4 Å². The van der Waals surface area contributed by atoms with Gasteiger partial charge in [0.05, 0.1) is 18.4 Å². The normalized spacial score (nSPS) is 17.3. The van der Waals surface area contributed by atoms with E-state index >= 15 is 0 Å². The number of benzene rings is 3. The van der Waals surface area contributed by atoms with E-state index in [0.717, 1.165) is 11.1 Å². The Hall–Kier alpha value is -3.77. The summed E-state index contributed by atoms with van der Waals surface area (Å²) in [7, 11) is 1.57. The summed E-state index contributed by atoms with van der Waals surface area (Å²) in [4.78, 5) is 27.6. The van der Waals surface area contributed by atoms with Crippen LogP contribution >= 0.6 is 11.6 Å². The smallest absolute Gasteiger partial charge is 0.336 e. The van der Waals surface area contributed by atoms with Crippen LogP contribution in [0.15, 0.2) is 78.0 Å². The van der Waals surface area contributed by atoms with E-state index in [1.54, 1.807) is 36.3 Å². The summed E-state index contributed by atoms with van der Waals surface area (Å²) in [6, 6.07) is 20.6. The average molecular weight is 490 g/mol. The van der Waals surface area contributed by atoms with Crippen LogP contribution in [0.4, 0.5) is 5.69 Å². The maximum Gasteiger partial charge on any atom is 0.336 e. The van der Waals surface area contributed by atoms with E-state index in [-0.39, 0.29) is 18.9 Å². The van der Waals surface area contributed by atoms with E-state index in [2.05, 4.69) is 0 Å². The number of carbonyl (C=O) groups is 2. The Labute approximate surface area is 208 Å². The lowest BCUT2D eigenvalue weighted by atomic mass is 9.84. The van der Waals surface area contributed by atoms with E-state index in [1.165, 1.54) is 5.56 Å². The topological polar surface area (TPSA) is 65.1 Å². The third-order valence-corrected chi connectivity index (χ3v) is 6.56. The van der Waals surface area contributed by atoms with Crippen molar-refractivity contribution in [1.82, 2.24) is 0 Å². The standard InChI is InChI=1S/C28H24ClNO5/c1-17-3-5-18(6-4-17)15-34-24-12-7-19(13-25(24)33-2)22-14-26(31)30(21-10-8-20(29)9-11-21)23-16-35-28(32)27(22)23/h3-13,22H,14-16H2,1-2H3. The van der Waals surface area contributed by atoms with Crippen molar-refractivity contribution in [2.75, 3.05) is 18.6 Å². The van der Waals surface area contributed by atoms with Gasteiger partial charge in [0.1, 0.15) is 13.2 Å². The van der Waals surface area contributed by atoms with Gasteiger partial charge in [-0.05, 0) is 54.4 Å². The molecular weight excluding hydrogens is 466 g/mol. The third kappa shape index (κ3) is 4.49. The van der Waals surface area contributed by atoms with Crippen LogP contribution in [-0.2, 0) is 20.9 Å². The molecule has 0 radical (unpaired) electrons. The number of methoxy groups -OCH3 is 1. The fraction of sp³-hybridized carbons (Fsp3) is 0.214. The molecule has 2 aliphatic heterocycles. The predicted octanol–water partition coefficient (Wildman–Crippen LogP) is 5.57. The van der Waals surface area contributed by atoms with Gasteiger partial charge in [-0.15, -0.1) is 0 Å². The molecule has 0 spiro atoms. The Balaban J connectivity index is 1.45. The first kappa shape index (κ1) is 23.0. The highest BCUT2D eigenvalue weighted by Gasteiger charge is 2.43. The van der Waals surface area contributed by atoms with Gasteiger partial charge in [-0.1, -0.05) is 47.5 Å². The maximum absolute atomic E-state index is 13.3. The Morgan fingerprint density at radius 3 is 2.46 bits per heavy atom. The van der Waals surface area contributed by atoms with E-state index in [0.29, 0.717) is 40.1 Å². The summed E-state index contributed by atoms with van der Waals surface area (Å²) in [5.74, 6) is 0.167. The molecule has 1 unspecified atom stereocenters. The van der Waals surface area contributed by atoms with Crippen LogP contribution in [0.5, 0.6) is 11.5 Å².